The molecule has 20 heavy (non-hydrogen) atoms. The topological polar surface area (TPSA) is 68.5 Å². The van der Waals surface area contributed by atoms with Crippen molar-refractivity contribution in [2.75, 3.05) is 6.61 Å². The lowest BCUT2D eigenvalue weighted by atomic mass is 10.2. The van der Waals surface area contributed by atoms with Gasteiger partial charge in [-0.25, -0.2) is 4.79 Å². The monoisotopic (exact) mass is 337 g/mol. The van der Waals surface area contributed by atoms with E-state index in [0.717, 1.165) is 0 Å². The van der Waals surface area contributed by atoms with Gasteiger partial charge in [-0.1, -0.05) is 12.1 Å². The van der Waals surface area contributed by atoms with Crippen molar-refractivity contribution in [3.05, 3.63) is 63.0 Å². The first-order valence-electron chi connectivity index (χ1n) is 5.89. The first-order valence-corrected chi connectivity index (χ1v) is 6.69. The van der Waals surface area contributed by atoms with Crippen LogP contribution in [0.4, 0.5) is 0 Å². The van der Waals surface area contributed by atoms with E-state index >= 15 is 0 Å². The number of carboxylic acids is 1. The summed E-state index contributed by atoms with van der Waals surface area (Å²) in [6.07, 6.45) is 1.65. The summed E-state index contributed by atoms with van der Waals surface area (Å²) in [5.74, 6) is -0.747. The van der Waals surface area contributed by atoms with E-state index in [-0.39, 0.29) is 17.7 Å². The molecule has 0 aliphatic carbocycles. The van der Waals surface area contributed by atoms with Crippen molar-refractivity contribution >= 4 is 21.9 Å². The maximum Gasteiger partial charge on any atom is 0.339 e. The Kier molecular flexibility index (Phi) is 4.57. The number of para-hydroxylation sites is 1. The number of ether oxygens (including phenoxy) is 1. The number of carboxylic acid groups (broad SMARTS) is 1. The Bertz CT molecular complexity index is 681. The Balaban J connectivity index is 2.05. The number of benzene rings is 1. The Labute approximate surface area is 123 Å². The van der Waals surface area contributed by atoms with Crippen LogP contribution in [0.15, 0.2) is 51.9 Å². The van der Waals surface area contributed by atoms with Gasteiger partial charge in [0.25, 0.3) is 5.56 Å². The van der Waals surface area contributed by atoms with Crippen LogP contribution in [0.3, 0.4) is 0 Å². The molecule has 1 heterocycles. The Morgan fingerprint density at radius 1 is 1.25 bits per heavy atom. The quantitative estimate of drug-likeness (QED) is 0.909. The standard InChI is InChI=1S/C14H12BrNO4/c15-11-5-3-7-16(13(11)17)8-9-20-12-6-2-1-4-10(12)14(18)19/h1-7H,8-9H2,(H,18,19). The fraction of sp³-hybridized carbons (Fsp3) is 0.143. The molecule has 1 aromatic carbocycles. The molecule has 0 spiro atoms. The fourth-order valence-corrected chi connectivity index (χ4v) is 2.09. The average molecular weight is 338 g/mol. The third kappa shape index (κ3) is 3.27. The van der Waals surface area contributed by atoms with Crippen LogP contribution < -0.4 is 10.3 Å². The number of rotatable bonds is 5. The van der Waals surface area contributed by atoms with Gasteiger partial charge in [-0.3, -0.25) is 4.79 Å². The van der Waals surface area contributed by atoms with Gasteiger partial charge in [-0.05, 0) is 40.2 Å². The van der Waals surface area contributed by atoms with E-state index in [2.05, 4.69) is 15.9 Å². The van der Waals surface area contributed by atoms with Gasteiger partial charge < -0.3 is 14.4 Å². The maximum absolute atomic E-state index is 11.8. The Hall–Kier alpha value is -2.08. The summed E-state index contributed by atoms with van der Waals surface area (Å²) in [6.45, 7) is 0.548. The predicted octanol–water partition coefficient (Wildman–Crippen LogP) is 2.39. The molecule has 1 N–H and O–H groups in total. The zero-order chi connectivity index (χ0) is 14.5. The first-order chi connectivity index (χ1) is 9.59. The number of nitrogens with zero attached hydrogens (tertiary/aromatic N) is 1. The molecule has 0 bridgehead atoms. The van der Waals surface area contributed by atoms with Crippen LogP contribution >= 0.6 is 15.9 Å². The number of aromatic carboxylic acids is 1. The third-order valence-corrected chi connectivity index (χ3v) is 3.28. The highest BCUT2D eigenvalue weighted by atomic mass is 79.9. The van der Waals surface area contributed by atoms with Crippen LogP contribution in [0.2, 0.25) is 0 Å². The molecule has 0 radical (unpaired) electrons. The van der Waals surface area contributed by atoms with Crippen LogP contribution in [-0.2, 0) is 6.54 Å². The van der Waals surface area contributed by atoms with E-state index < -0.39 is 5.97 Å². The SMILES string of the molecule is O=C(O)c1ccccc1OCCn1cccc(Br)c1=O. The molecule has 104 valence electrons. The Morgan fingerprint density at radius 2 is 2.00 bits per heavy atom. The third-order valence-electron chi connectivity index (χ3n) is 2.68. The minimum atomic E-state index is -1.04. The second-order valence-electron chi connectivity index (χ2n) is 4.00. The van der Waals surface area contributed by atoms with E-state index in [9.17, 15) is 9.59 Å². The van der Waals surface area contributed by atoms with Crippen LogP contribution in [0.1, 0.15) is 10.4 Å². The largest absolute Gasteiger partial charge is 0.491 e. The highest BCUT2D eigenvalue weighted by Gasteiger charge is 2.10. The molecule has 1 aromatic heterocycles. The number of halogens is 1. The fourth-order valence-electron chi connectivity index (χ4n) is 1.71. The summed E-state index contributed by atoms with van der Waals surface area (Å²) < 4.78 is 7.41. The smallest absolute Gasteiger partial charge is 0.339 e. The lowest BCUT2D eigenvalue weighted by molar-refractivity contribution is 0.0692. The number of carbonyl (C=O) groups is 1. The van der Waals surface area contributed by atoms with Crippen molar-refractivity contribution in [1.82, 2.24) is 4.57 Å². The molecule has 0 fully saturated rings. The van der Waals surface area contributed by atoms with E-state index in [1.165, 1.54) is 10.6 Å². The van der Waals surface area contributed by atoms with Crippen LogP contribution in [0, 0.1) is 0 Å². The molecular formula is C14H12BrNO4. The first kappa shape index (κ1) is 14.3. The molecule has 0 aliphatic heterocycles. The molecule has 0 atom stereocenters. The van der Waals surface area contributed by atoms with Gasteiger partial charge in [-0.15, -0.1) is 0 Å². The summed E-state index contributed by atoms with van der Waals surface area (Å²) in [5.41, 5.74) is -0.0447. The van der Waals surface area contributed by atoms with E-state index in [1.807, 2.05) is 0 Å². The van der Waals surface area contributed by atoms with Crippen molar-refractivity contribution in [2.45, 2.75) is 6.54 Å². The second kappa shape index (κ2) is 6.38. The summed E-state index contributed by atoms with van der Waals surface area (Å²) in [7, 11) is 0. The summed E-state index contributed by atoms with van der Waals surface area (Å²) >= 11 is 3.16. The molecule has 5 nitrogen and oxygen atoms in total. The van der Waals surface area contributed by atoms with E-state index in [0.29, 0.717) is 16.8 Å². The molecule has 0 saturated carbocycles. The van der Waals surface area contributed by atoms with Crippen LogP contribution in [0.25, 0.3) is 0 Å². The molecule has 0 unspecified atom stereocenters. The molecule has 0 saturated heterocycles. The lowest BCUT2D eigenvalue weighted by Crippen LogP contribution is -2.23. The van der Waals surface area contributed by atoms with Gasteiger partial charge in [0.05, 0.1) is 11.0 Å². The van der Waals surface area contributed by atoms with Crippen LogP contribution in [-0.4, -0.2) is 22.2 Å². The second-order valence-corrected chi connectivity index (χ2v) is 4.86. The number of hydrogen-bond acceptors (Lipinski definition) is 3. The predicted molar refractivity (Wildman–Crippen MR) is 77.3 cm³/mol. The lowest BCUT2D eigenvalue weighted by Gasteiger charge is -2.10. The van der Waals surface area contributed by atoms with Gasteiger partial charge in [0.2, 0.25) is 0 Å². The normalized spacial score (nSPS) is 10.2. The van der Waals surface area contributed by atoms with Gasteiger partial charge in [-0.2, -0.15) is 0 Å². The van der Waals surface area contributed by atoms with E-state index in [4.69, 9.17) is 9.84 Å². The highest BCUT2D eigenvalue weighted by Crippen LogP contribution is 2.17. The summed E-state index contributed by atoms with van der Waals surface area (Å²) in [5, 5.41) is 9.02. The molecule has 0 amide bonds. The van der Waals surface area contributed by atoms with E-state index in [1.54, 1.807) is 36.5 Å². The minimum Gasteiger partial charge on any atom is -0.491 e. The van der Waals surface area contributed by atoms with Crippen molar-refractivity contribution in [3.63, 3.8) is 0 Å². The zero-order valence-corrected chi connectivity index (χ0v) is 12.0. The molecule has 0 aliphatic rings. The highest BCUT2D eigenvalue weighted by molar-refractivity contribution is 9.10. The van der Waals surface area contributed by atoms with Crippen molar-refractivity contribution in [3.8, 4) is 5.75 Å². The molecule has 2 aromatic rings. The van der Waals surface area contributed by atoms with Crippen LogP contribution in [0.5, 0.6) is 5.75 Å². The number of pyridine rings is 1. The van der Waals surface area contributed by atoms with Gasteiger partial charge in [0.15, 0.2) is 0 Å². The van der Waals surface area contributed by atoms with Crippen molar-refractivity contribution in [2.24, 2.45) is 0 Å². The van der Waals surface area contributed by atoms with Crippen molar-refractivity contribution < 1.29 is 14.6 Å². The van der Waals surface area contributed by atoms with Gasteiger partial charge in [0.1, 0.15) is 17.9 Å². The average Bonchev–Trinajstić information content (AvgIpc) is 2.44. The van der Waals surface area contributed by atoms with Gasteiger partial charge in [0, 0.05) is 6.20 Å². The summed E-state index contributed by atoms with van der Waals surface area (Å²) in [4.78, 5) is 22.8. The summed E-state index contributed by atoms with van der Waals surface area (Å²) in [6, 6.07) is 9.81. The zero-order valence-electron chi connectivity index (χ0n) is 10.5. The minimum absolute atomic E-state index is 0.106. The maximum atomic E-state index is 11.8. The Morgan fingerprint density at radius 3 is 2.75 bits per heavy atom. The molecule has 6 heteroatoms. The number of hydrogen-bond donors (Lipinski definition) is 1. The molecular weight excluding hydrogens is 326 g/mol. The number of aromatic nitrogens is 1. The van der Waals surface area contributed by atoms with Gasteiger partial charge >= 0.3 is 5.97 Å². The molecule has 2 rings (SSSR count). The van der Waals surface area contributed by atoms with Crippen molar-refractivity contribution in [1.29, 1.82) is 0 Å².